The number of carboxylic acid groups (broad SMARTS) is 3. The number of aromatic carboxylic acids is 3. The largest absolute Gasteiger partial charge is 0.502 e. The van der Waals surface area contributed by atoms with Crippen molar-refractivity contribution in [1.29, 1.82) is 0 Å². The quantitative estimate of drug-likeness (QED) is 0.122. The molecule has 0 saturated heterocycles. The SMILES string of the molecule is CCCCCC.COc1cc(C(=O)O)cc(OC)c1O.COc1cc(C(=O)O)cc(OC)c1O.COc1cc(C(=O)O)cc(OC)c1O. The Bertz CT molecular complexity index is 1230. The van der Waals surface area contributed by atoms with E-state index < -0.39 is 17.9 Å². The standard InChI is InChI=1S/3C9H10O5.C6H14/c3*1-13-6-3-5(9(11)12)4-7(14-2)8(6)10;1-3-5-6-4-2/h3*3-4,10H,1-2H3,(H,11,12);3-6H2,1-2H3. The second kappa shape index (κ2) is 21.9. The van der Waals surface area contributed by atoms with E-state index in [1.54, 1.807) is 0 Å². The van der Waals surface area contributed by atoms with Crippen LogP contribution in [-0.4, -0.2) is 91.2 Å². The summed E-state index contributed by atoms with van der Waals surface area (Å²) in [6, 6.07) is 7.33. The van der Waals surface area contributed by atoms with Crippen LogP contribution in [0.3, 0.4) is 0 Å². The molecule has 0 saturated carbocycles. The summed E-state index contributed by atoms with van der Waals surface area (Å²) in [5.74, 6) is -3.53. The topological polar surface area (TPSA) is 228 Å². The average molecular weight is 681 g/mol. The van der Waals surface area contributed by atoms with E-state index >= 15 is 0 Å². The van der Waals surface area contributed by atoms with Crippen LogP contribution < -0.4 is 28.4 Å². The molecular weight excluding hydrogens is 636 g/mol. The highest BCUT2D eigenvalue weighted by molar-refractivity contribution is 5.90. The Morgan fingerprint density at radius 2 is 0.604 bits per heavy atom. The lowest BCUT2D eigenvalue weighted by molar-refractivity contribution is 0.0685. The smallest absolute Gasteiger partial charge is 0.335 e. The van der Waals surface area contributed by atoms with Gasteiger partial charge >= 0.3 is 17.9 Å². The summed E-state index contributed by atoms with van der Waals surface area (Å²) in [7, 11) is 8.00. The number of phenolic OH excluding ortho intramolecular Hbond substituents is 3. The molecule has 0 amide bonds. The molecule has 0 fully saturated rings. The minimum Gasteiger partial charge on any atom is -0.502 e. The van der Waals surface area contributed by atoms with Crippen LogP contribution in [0, 0.1) is 0 Å². The van der Waals surface area contributed by atoms with Gasteiger partial charge in [0.1, 0.15) is 0 Å². The molecule has 0 aliphatic carbocycles. The first kappa shape index (κ1) is 42.3. The lowest BCUT2D eigenvalue weighted by atomic mass is 10.2. The fourth-order valence-electron chi connectivity index (χ4n) is 3.55. The molecule has 15 heteroatoms. The zero-order valence-corrected chi connectivity index (χ0v) is 28.2. The maximum Gasteiger partial charge on any atom is 0.335 e. The minimum absolute atomic E-state index is 0.00324. The third kappa shape index (κ3) is 12.9. The van der Waals surface area contributed by atoms with E-state index in [9.17, 15) is 29.7 Å². The highest BCUT2D eigenvalue weighted by Gasteiger charge is 2.16. The number of aromatic hydroxyl groups is 3. The first-order chi connectivity index (χ1) is 22.7. The zero-order valence-electron chi connectivity index (χ0n) is 28.2. The van der Waals surface area contributed by atoms with E-state index in [4.69, 9.17) is 43.7 Å². The summed E-state index contributed by atoms with van der Waals surface area (Å²) in [5, 5.41) is 54.5. The molecule has 0 radical (unpaired) electrons. The van der Waals surface area contributed by atoms with Crippen LogP contribution in [-0.2, 0) is 0 Å². The molecule has 6 N–H and O–H groups in total. The van der Waals surface area contributed by atoms with Crippen LogP contribution in [0.4, 0.5) is 0 Å². The van der Waals surface area contributed by atoms with Crippen LogP contribution in [0.15, 0.2) is 36.4 Å². The molecule has 3 aromatic rings. The Morgan fingerprint density at radius 1 is 0.438 bits per heavy atom. The predicted molar refractivity (Wildman–Crippen MR) is 174 cm³/mol. The van der Waals surface area contributed by atoms with Gasteiger partial charge in [-0.2, -0.15) is 0 Å². The molecule has 266 valence electrons. The van der Waals surface area contributed by atoms with Crippen LogP contribution in [0.2, 0.25) is 0 Å². The molecule has 0 atom stereocenters. The van der Waals surface area contributed by atoms with Gasteiger partial charge in [0, 0.05) is 0 Å². The van der Waals surface area contributed by atoms with Crippen molar-refractivity contribution in [3.8, 4) is 51.7 Å². The van der Waals surface area contributed by atoms with Crippen molar-refractivity contribution in [2.24, 2.45) is 0 Å². The Hall–Kier alpha value is -5.73. The summed E-state index contributed by atoms with van der Waals surface area (Å²) in [6.45, 7) is 4.46. The normalized spacial score (nSPS) is 9.50. The second-order valence-electron chi connectivity index (χ2n) is 9.31. The van der Waals surface area contributed by atoms with Gasteiger partial charge in [-0.25, -0.2) is 14.4 Å². The van der Waals surface area contributed by atoms with Gasteiger partial charge in [-0.15, -0.1) is 0 Å². The molecule has 3 rings (SSSR count). The van der Waals surface area contributed by atoms with Gasteiger partial charge in [0.25, 0.3) is 0 Å². The van der Waals surface area contributed by atoms with Crippen molar-refractivity contribution in [2.45, 2.75) is 39.5 Å². The zero-order chi connectivity index (χ0) is 37.0. The number of phenols is 3. The first-order valence-electron chi connectivity index (χ1n) is 14.3. The van der Waals surface area contributed by atoms with Gasteiger partial charge in [-0.3, -0.25) is 0 Å². The average Bonchev–Trinajstić information content (AvgIpc) is 3.08. The number of hydrogen-bond acceptors (Lipinski definition) is 12. The monoisotopic (exact) mass is 680 g/mol. The Balaban J connectivity index is 0.000000637. The fourth-order valence-corrected chi connectivity index (χ4v) is 3.55. The molecule has 0 heterocycles. The number of rotatable bonds is 12. The minimum atomic E-state index is -1.11. The number of ether oxygens (including phenoxy) is 6. The number of unbranched alkanes of at least 4 members (excludes halogenated alkanes) is 3. The lowest BCUT2D eigenvalue weighted by Gasteiger charge is -2.08. The summed E-state index contributed by atoms with van der Waals surface area (Å²) in [4.78, 5) is 32.0. The number of carbonyl (C=O) groups is 3. The lowest BCUT2D eigenvalue weighted by Crippen LogP contribution is -1.98. The molecule has 0 aliphatic rings. The molecule has 48 heavy (non-hydrogen) atoms. The molecule has 0 aromatic heterocycles. The molecule has 0 spiro atoms. The maximum absolute atomic E-state index is 10.7. The van der Waals surface area contributed by atoms with Gasteiger partial charge in [0.2, 0.25) is 17.2 Å². The van der Waals surface area contributed by atoms with Gasteiger partial charge < -0.3 is 59.1 Å². The first-order valence-corrected chi connectivity index (χ1v) is 14.3. The van der Waals surface area contributed by atoms with Crippen LogP contribution >= 0.6 is 0 Å². The van der Waals surface area contributed by atoms with Crippen molar-refractivity contribution in [2.75, 3.05) is 42.7 Å². The number of benzene rings is 3. The Morgan fingerprint density at radius 3 is 0.708 bits per heavy atom. The Labute approximate surface area is 278 Å². The van der Waals surface area contributed by atoms with Gasteiger partial charge in [-0.05, 0) is 36.4 Å². The van der Waals surface area contributed by atoms with Gasteiger partial charge in [-0.1, -0.05) is 39.5 Å². The van der Waals surface area contributed by atoms with Crippen molar-refractivity contribution in [3.05, 3.63) is 53.1 Å². The third-order valence-corrected chi connectivity index (χ3v) is 6.14. The maximum atomic E-state index is 10.7. The van der Waals surface area contributed by atoms with E-state index in [-0.39, 0.29) is 68.4 Å². The van der Waals surface area contributed by atoms with Crippen molar-refractivity contribution in [1.82, 2.24) is 0 Å². The molecule has 0 bridgehead atoms. The van der Waals surface area contributed by atoms with E-state index in [1.165, 1.54) is 105 Å². The fraction of sp³-hybridized carbons (Fsp3) is 0.364. The summed E-state index contributed by atoms with van der Waals surface area (Å²) in [6.07, 6.45) is 5.54. The molecular formula is C33H44O15. The molecule has 0 unspecified atom stereocenters. The van der Waals surface area contributed by atoms with Crippen molar-refractivity contribution < 1.29 is 73.4 Å². The predicted octanol–water partition coefficient (Wildman–Crippen LogP) is 5.91. The van der Waals surface area contributed by atoms with Gasteiger partial charge in [0.15, 0.2) is 34.5 Å². The third-order valence-electron chi connectivity index (χ3n) is 6.14. The highest BCUT2D eigenvalue weighted by atomic mass is 16.5. The van der Waals surface area contributed by atoms with Crippen molar-refractivity contribution >= 4 is 17.9 Å². The second-order valence-corrected chi connectivity index (χ2v) is 9.31. The van der Waals surface area contributed by atoms with E-state index in [2.05, 4.69) is 13.8 Å². The molecule has 15 nitrogen and oxygen atoms in total. The van der Waals surface area contributed by atoms with Crippen molar-refractivity contribution in [3.63, 3.8) is 0 Å². The van der Waals surface area contributed by atoms with Gasteiger partial charge in [0.05, 0.1) is 59.3 Å². The summed E-state index contributed by atoms with van der Waals surface area (Å²) < 4.78 is 28.7. The molecule has 3 aromatic carbocycles. The number of hydrogen-bond donors (Lipinski definition) is 6. The Kier molecular flexibility index (Phi) is 19.3. The number of methoxy groups -OCH3 is 6. The van der Waals surface area contributed by atoms with Crippen LogP contribution in [0.1, 0.15) is 70.6 Å². The summed E-state index contributed by atoms with van der Waals surface area (Å²) >= 11 is 0. The van der Waals surface area contributed by atoms with Crippen LogP contribution in [0.5, 0.6) is 51.7 Å². The van der Waals surface area contributed by atoms with E-state index in [0.29, 0.717) is 0 Å². The van der Waals surface area contributed by atoms with E-state index in [1.807, 2.05) is 0 Å². The van der Waals surface area contributed by atoms with Crippen LogP contribution in [0.25, 0.3) is 0 Å². The number of carboxylic acids is 3. The highest BCUT2D eigenvalue weighted by Crippen LogP contribution is 2.38. The van der Waals surface area contributed by atoms with E-state index in [0.717, 1.165) is 0 Å². The molecule has 0 aliphatic heterocycles. The summed E-state index contributed by atoms with van der Waals surface area (Å²) in [5.41, 5.74) is -0.00972.